The Morgan fingerprint density at radius 1 is 1.08 bits per heavy atom. The van der Waals surface area contributed by atoms with Crippen LogP contribution in [0.15, 0.2) is 93.5 Å². The number of primary amides is 1. The molecule has 0 aliphatic carbocycles. The second kappa shape index (κ2) is 9.45. The van der Waals surface area contributed by atoms with Gasteiger partial charge in [0.2, 0.25) is 11.9 Å². The summed E-state index contributed by atoms with van der Waals surface area (Å²) in [6.07, 6.45) is 0. The molecule has 1 amide bonds. The molecule has 38 heavy (non-hydrogen) atoms. The summed E-state index contributed by atoms with van der Waals surface area (Å²) in [6.45, 7) is 1.81. The van der Waals surface area contributed by atoms with Crippen LogP contribution in [-0.4, -0.2) is 37.5 Å². The predicted octanol–water partition coefficient (Wildman–Crippen LogP) is 4.45. The van der Waals surface area contributed by atoms with Crippen molar-refractivity contribution in [2.45, 2.75) is 13.0 Å². The zero-order valence-corrected chi connectivity index (χ0v) is 20.7. The Bertz CT molecular complexity index is 1680. The average Bonchev–Trinajstić information content (AvgIpc) is 3.59. The maximum atomic E-state index is 12.8. The summed E-state index contributed by atoms with van der Waals surface area (Å²) in [4.78, 5) is 24.0. The first-order valence-electron chi connectivity index (χ1n) is 11.6. The predicted molar refractivity (Wildman–Crippen MR) is 143 cm³/mol. The second-order valence-corrected chi connectivity index (χ2v) is 8.89. The van der Waals surface area contributed by atoms with Gasteiger partial charge in [-0.3, -0.25) is 15.0 Å². The van der Waals surface area contributed by atoms with Gasteiger partial charge in [0.05, 0.1) is 5.57 Å². The number of oxazole rings is 1. The molecule has 3 aromatic carbocycles. The van der Waals surface area contributed by atoms with Crippen molar-refractivity contribution in [3.05, 3.63) is 94.7 Å². The number of nitrogens with two attached hydrogens (primary N) is 1. The minimum Gasteiger partial charge on any atom is -0.423 e. The molecule has 11 nitrogen and oxygen atoms in total. The molecule has 1 atom stereocenters. The number of H-pyrrole nitrogens is 1. The van der Waals surface area contributed by atoms with Gasteiger partial charge in [-0.1, -0.05) is 41.9 Å². The standard InChI is InChI=1S/C26H20ClN9O2/c1-14-21(23(28)37)22(17-6-2-3-7-18(17)27)30-25(31-26-29-19-8-4-5-9-20(19)38-26)36(14)16-12-10-15(11-13-16)24-32-34-35-33-24/h2-13,22H,1H3,(H2,28,37)(H,29,30,31)(H,32,33,34,35). The molecule has 0 saturated heterocycles. The Hall–Kier alpha value is -5.03. The molecular weight excluding hydrogens is 506 g/mol. The zero-order valence-electron chi connectivity index (χ0n) is 20.0. The van der Waals surface area contributed by atoms with Gasteiger partial charge in [0, 0.05) is 27.5 Å². The van der Waals surface area contributed by atoms with Crippen LogP contribution in [0.2, 0.25) is 5.02 Å². The number of benzene rings is 3. The third kappa shape index (κ3) is 4.14. The number of fused-ring (bicyclic) bond motifs is 1. The van der Waals surface area contributed by atoms with E-state index in [1.807, 2.05) is 66.7 Å². The summed E-state index contributed by atoms with van der Waals surface area (Å²) in [5.74, 6) is 0.294. The highest BCUT2D eigenvalue weighted by atomic mass is 35.5. The van der Waals surface area contributed by atoms with Crippen molar-refractivity contribution < 1.29 is 9.21 Å². The van der Waals surface area contributed by atoms with Crippen LogP contribution < -0.4 is 16.0 Å². The molecule has 0 radical (unpaired) electrons. The lowest BCUT2D eigenvalue weighted by atomic mass is 9.95. The molecule has 0 fully saturated rings. The van der Waals surface area contributed by atoms with Crippen molar-refractivity contribution in [2.75, 3.05) is 10.2 Å². The Morgan fingerprint density at radius 2 is 1.84 bits per heavy atom. The van der Waals surface area contributed by atoms with Crippen molar-refractivity contribution in [3.8, 4) is 11.4 Å². The molecule has 0 saturated carbocycles. The highest BCUT2D eigenvalue weighted by Gasteiger charge is 2.34. The first-order chi connectivity index (χ1) is 18.5. The molecule has 1 aliphatic rings. The fraction of sp³-hybridized carbons (Fsp3) is 0.0769. The Labute approximate surface area is 221 Å². The number of rotatable bonds is 5. The summed E-state index contributed by atoms with van der Waals surface area (Å²) in [5, 5.41) is 17.6. The topological polar surface area (TPSA) is 151 Å². The van der Waals surface area contributed by atoms with Crippen molar-refractivity contribution in [1.29, 1.82) is 0 Å². The van der Waals surface area contributed by atoms with E-state index in [1.165, 1.54) is 0 Å². The molecule has 4 N–H and O–H groups in total. The third-order valence-electron chi connectivity index (χ3n) is 6.18. The number of aromatic amines is 1. The Balaban J connectivity index is 1.48. The smallest absolute Gasteiger partial charge is 0.302 e. The molecule has 188 valence electrons. The van der Waals surface area contributed by atoms with Gasteiger partial charge in [0.15, 0.2) is 11.4 Å². The number of carbonyl (C=O) groups excluding carboxylic acids is 1. The largest absolute Gasteiger partial charge is 0.423 e. The van der Waals surface area contributed by atoms with E-state index < -0.39 is 11.9 Å². The number of guanidine groups is 1. The number of hydrogen-bond acceptors (Lipinski definition) is 9. The zero-order chi connectivity index (χ0) is 26.2. The van der Waals surface area contributed by atoms with Crippen LogP contribution in [0, 0.1) is 0 Å². The normalized spacial score (nSPS) is 15.6. The number of nitrogens with zero attached hydrogens (tertiary/aromatic N) is 6. The molecule has 0 spiro atoms. The molecule has 6 rings (SSSR count). The third-order valence-corrected chi connectivity index (χ3v) is 6.53. The number of aliphatic imine (C=N–C) groups is 1. The first-order valence-corrected chi connectivity index (χ1v) is 12.0. The molecule has 0 bridgehead atoms. The first kappa shape index (κ1) is 23.4. The maximum absolute atomic E-state index is 12.8. The van der Waals surface area contributed by atoms with Gasteiger partial charge in [-0.2, -0.15) is 4.98 Å². The lowest BCUT2D eigenvalue weighted by Gasteiger charge is -2.34. The fourth-order valence-corrected chi connectivity index (χ4v) is 4.67. The SMILES string of the molecule is CC1=C(C(N)=O)C(c2ccccc2Cl)N=C(Nc2nc3ccccc3o2)N1c1ccc(-c2nnn[nH]2)cc1. The summed E-state index contributed by atoms with van der Waals surface area (Å²) in [6, 6.07) is 21.6. The van der Waals surface area contributed by atoms with E-state index in [1.54, 1.807) is 17.9 Å². The van der Waals surface area contributed by atoms with E-state index in [0.29, 0.717) is 50.4 Å². The van der Waals surface area contributed by atoms with Crippen LogP contribution in [0.4, 0.5) is 11.7 Å². The highest BCUT2D eigenvalue weighted by Crippen LogP contribution is 2.39. The van der Waals surface area contributed by atoms with E-state index in [-0.39, 0.29) is 6.01 Å². The van der Waals surface area contributed by atoms with Crippen molar-refractivity contribution in [2.24, 2.45) is 10.7 Å². The number of aromatic nitrogens is 5. The van der Waals surface area contributed by atoms with Crippen LogP contribution in [-0.2, 0) is 4.79 Å². The van der Waals surface area contributed by atoms with Gasteiger partial charge in [-0.25, -0.2) is 10.1 Å². The number of nitrogens with one attached hydrogen (secondary N) is 2. The van der Waals surface area contributed by atoms with E-state index in [9.17, 15) is 4.79 Å². The fourth-order valence-electron chi connectivity index (χ4n) is 4.43. The van der Waals surface area contributed by atoms with E-state index in [2.05, 4.69) is 30.9 Å². The minimum absolute atomic E-state index is 0.243. The van der Waals surface area contributed by atoms with Gasteiger partial charge in [0.25, 0.3) is 0 Å². The monoisotopic (exact) mass is 525 g/mol. The van der Waals surface area contributed by atoms with Gasteiger partial charge in [-0.15, -0.1) is 5.10 Å². The molecule has 2 aromatic heterocycles. The van der Waals surface area contributed by atoms with Crippen LogP contribution >= 0.6 is 11.6 Å². The van der Waals surface area contributed by atoms with Gasteiger partial charge in [0.1, 0.15) is 11.6 Å². The summed E-state index contributed by atoms with van der Waals surface area (Å²) < 4.78 is 5.91. The number of hydrogen-bond donors (Lipinski definition) is 3. The van der Waals surface area contributed by atoms with Gasteiger partial charge in [-0.05, 0) is 59.8 Å². The maximum Gasteiger partial charge on any atom is 0.302 e. The number of allylic oxidation sites excluding steroid dienone is 1. The lowest BCUT2D eigenvalue weighted by molar-refractivity contribution is -0.114. The number of tetrazole rings is 1. The van der Waals surface area contributed by atoms with Crippen LogP contribution in [0.5, 0.6) is 0 Å². The molecule has 12 heteroatoms. The molecule has 1 unspecified atom stereocenters. The number of halogens is 1. The van der Waals surface area contributed by atoms with Gasteiger partial charge >= 0.3 is 6.01 Å². The van der Waals surface area contributed by atoms with E-state index in [4.69, 9.17) is 26.7 Å². The van der Waals surface area contributed by atoms with Crippen molar-refractivity contribution >= 4 is 46.3 Å². The number of carbonyl (C=O) groups is 1. The number of amides is 1. The molecule has 1 aliphatic heterocycles. The summed E-state index contributed by atoms with van der Waals surface area (Å²) in [7, 11) is 0. The summed E-state index contributed by atoms with van der Waals surface area (Å²) >= 11 is 6.53. The average molecular weight is 526 g/mol. The highest BCUT2D eigenvalue weighted by molar-refractivity contribution is 6.31. The lowest BCUT2D eigenvalue weighted by Crippen LogP contribution is -2.41. The molecular formula is C26H20ClN9O2. The van der Waals surface area contributed by atoms with Crippen molar-refractivity contribution in [3.63, 3.8) is 0 Å². The van der Waals surface area contributed by atoms with Crippen LogP contribution in [0.3, 0.4) is 0 Å². The number of para-hydroxylation sites is 2. The van der Waals surface area contributed by atoms with Crippen molar-refractivity contribution in [1.82, 2.24) is 25.6 Å². The van der Waals surface area contributed by atoms with Crippen LogP contribution in [0.1, 0.15) is 18.5 Å². The minimum atomic E-state index is -0.746. The van der Waals surface area contributed by atoms with E-state index in [0.717, 1.165) is 5.56 Å². The Morgan fingerprint density at radius 3 is 2.55 bits per heavy atom. The summed E-state index contributed by atoms with van der Waals surface area (Å²) in [5.41, 5.74) is 10.2. The van der Waals surface area contributed by atoms with Crippen LogP contribution in [0.25, 0.3) is 22.5 Å². The second-order valence-electron chi connectivity index (χ2n) is 8.48. The number of anilines is 2. The van der Waals surface area contributed by atoms with Gasteiger partial charge < -0.3 is 10.2 Å². The van der Waals surface area contributed by atoms with E-state index >= 15 is 0 Å². The quantitative estimate of drug-likeness (QED) is 0.304. The Kier molecular flexibility index (Phi) is 5.81. The molecule has 5 aromatic rings. The molecule has 3 heterocycles.